The minimum absolute atomic E-state index is 0.173. The Kier molecular flexibility index (Phi) is 4.24. The third-order valence-corrected chi connectivity index (χ3v) is 5.80. The Bertz CT molecular complexity index is 1220. The van der Waals surface area contributed by atoms with Gasteiger partial charge in [0.2, 0.25) is 11.8 Å². The summed E-state index contributed by atoms with van der Waals surface area (Å²) in [5.74, 6) is -0.0637. The van der Waals surface area contributed by atoms with E-state index in [2.05, 4.69) is 10.6 Å². The molecular formula is C23H20N4O3. The van der Waals surface area contributed by atoms with E-state index in [1.54, 1.807) is 11.0 Å². The summed E-state index contributed by atoms with van der Waals surface area (Å²) in [6.45, 7) is 0.348. The third-order valence-electron chi connectivity index (χ3n) is 5.80. The van der Waals surface area contributed by atoms with E-state index in [9.17, 15) is 14.4 Å². The van der Waals surface area contributed by atoms with E-state index in [-0.39, 0.29) is 18.2 Å². The molecule has 1 fully saturated rings. The van der Waals surface area contributed by atoms with Crippen molar-refractivity contribution in [1.29, 1.82) is 0 Å². The molecule has 5 rings (SSSR count). The molecule has 3 amide bonds. The van der Waals surface area contributed by atoms with E-state index < -0.39 is 11.9 Å². The average Bonchev–Trinajstić information content (AvgIpc) is 3.08. The van der Waals surface area contributed by atoms with Crippen molar-refractivity contribution in [3.8, 4) is 11.3 Å². The van der Waals surface area contributed by atoms with Crippen molar-refractivity contribution in [2.45, 2.75) is 25.4 Å². The van der Waals surface area contributed by atoms with Gasteiger partial charge in [0.15, 0.2) is 0 Å². The Hall–Kier alpha value is -3.74. The molecule has 0 bridgehead atoms. The molecule has 0 aliphatic carbocycles. The van der Waals surface area contributed by atoms with Crippen molar-refractivity contribution in [1.82, 2.24) is 15.2 Å². The quantitative estimate of drug-likeness (QED) is 0.660. The number of imide groups is 1. The van der Waals surface area contributed by atoms with Crippen LogP contribution < -0.4 is 10.6 Å². The van der Waals surface area contributed by atoms with Gasteiger partial charge in [0.25, 0.3) is 5.91 Å². The molecule has 3 aromatic rings. The van der Waals surface area contributed by atoms with E-state index in [0.29, 0.717) is 18.5 Å². The second kappa shape index (κ2) is 6.95. The molecule has 150 valence electrons. The topological polar surface area (TPSA) is 91.4 Å². The lowest BCUT2D eigenvalue weighted by Crippen LogP contribution is -2.52. The van der Waals surface area contributed by atoms with Crippen molar-refractivity contribution >= 4 is 34.3 Å². The lowest BCUT2D eigenvalue weighted by atomic mass is 10.0. The van der Waals surface area contributed by atoms with Gasteiger partial charge < -0.3 is 10.2 Å². The maximum atomic E-state index is 12.9. The van der Waals surface area contributed by atoms with Crippen LogP contribution in [0, 0.1) is 0 Å². The van der Waals surface area contributed by atoms with Crippen molar-refractivity contribution in [2.75, 3.05) is 12.4 Å². The molecule has 30 heavy (non-hydrogen) atoms. The smallest absolute Gasteiger partial charge is 0.255 e. The van der Waals surface area contributed by atoms with Gasteiger partial charge in [0, 0.05) is 36.5 Å². The highest BCUT2D eigenvalue weighted by atomic mass is 16.2. The minimum atomic E-state index is -0.610. The SMILES string of the molecule is CNc1nc(-c2ccc3c(c2)CN(C2CCC(=O)NC2=O)C3=O)cc2ccccc12. The first-order valence-electron chi connectivity index (χ1n) is 9.90. The fraction of sp³-hybridized carbons (Fsp3) is 0.217. The summed E-state index contributed by atoms with van der Waals surface area (Å²) in [7, 11) is 1.84. The number of rotatable bonds is 3. The number of aromatic nitrogens is 1. The standard InChI is InChI=1S/C23H20N4O3/c1-24-21-16-5-3-2-4-13(16)11-18(25-21)14-6-7-17-15(10-14)12-27(23(17)30)19-8-9-20(28)26-22(19)29/h2-7,10-11,19H,8-9,12H2,1H3,(H,24,25)(H,26,28,29). The first-order valence-corrected chi connectivity index (χ1v) is 9.90. The molecule has 0 saturated carbocycles. The van der Waals surface area contributed by atoms with Crippen LogP contribution in [0.5, 0.6) is 0 Å². The number of carbonyl (C=O) groups is 3. The van der Waals surface area contributed by atoms with Crippen LogP contribution in [0.3, 0.4) is 0 Å². The molecule has 1 atom stereocenters. The van der Waals surface area contributed by atoms with Gasteiger partial charge in [-0.3, -0.25) is 19.7 Å². The Morgan fingerprint density at radius 3 is 2.73 bits per heavy atom. The van der Waals surface area contributed by atoms with Crippen LogP contribution in [0.1, 0.15) is 28.8 Å². The van der Waals surface area contributed by atoms with Crippen LogP contribution in [-0.4, -0.2) is 40.7 Å². The predicted molar refractivity (Wildman–Crippen MR) is 113 cm³/mol. The molecule has 1 saturated heterocycles. The summed E-state index contributed by atoms with van der Waals surface area (Å²) in [6.07, 6.45) is 0.602. The molecular weight excluding hydrogens is 380 g/mol. The first-order chi connectivity index (χ1) is 14.5. The average molecular weight is 400 g/mol. The van der Waals surface area contributed by atoms with E-state index in [4.69, 9.17) is 4.98 Å². The molecule has 7 heteroatoms. The van der Waals surface area contributed by atoms with Crippen molar-refractivity contribution in [2.24, 2.45) is 0 Å². The van der Waals surface area contributed by atoms with Crippen LogP contribution in [-0.2, 0) is 16.1 Å². The Morgan fingerprint density at radius 1 is 1.10 bits per heavy atom. The lowest BCUT2D eigenvalue weighted by Gasteiger charge is -2.29. The van der Waals surface area contributed by atoms with Crippen LogP contribution in [0.25, 0.3) is 22.0 Å². The number of nitrogens with one attached hydrogen (secondary N) is 2. The summed E-state index contributed by atoms with van der Waals surface area (Å²) in [5.41, 5.74) is 3.18. The minimum Gasteiger partial charge on any atom is -0.373 e. The number of benzene rings is 2. The van der Waals surface area contributed by atoms with E-state index in [1.165, 1.54) is 0 Å². The van der Waals surface area contributed by atoms with Crippen molar-refractivity contribution in [3.05, 3.63) is 59.7 Å². The maximum Gasteiger partial charge on any atom is 0.255 e. The molecule has 2 aromatic carbocycles. The fourth-order valence-corrected chi connectivity index (χ4v) is 4.27. The normalized spacial score (nSPS) is 18.5. The van der Waals surface area contributed by atoms with Crippen LogP contribution in [0.2, 0.25) is 0 Å². The van der Waals surface area contributed by atoms with Crippen LogP contribution in [0.4, 0.5) is 5.82 Å². The van der Waals surface area contributed by atoms with Gasteiger partial charge in [0.1, 0.15) is 11.9 Å². The number of piperidine rings is 1. The maximum absolute atomic E-state index is 12.9. The molecule has 3 heterocycles. The van der Waals surface area contributed by atoms with Gasteiger partial charge in [-0.2, -0.15) is 0 Å². The van der Waals surface area contributed by atoms with Crippen LogP contribution in [0.15, 0.2) is 48.5 Å². The molecule has 2 aliphatic heterocycles. The number of nitrogens with zero attached hydrogens (tertiary/aromatic N) is 2. The zero-order chi connectivity index (χ0) is 20.8. The predicted octanol–water partition coefficient (Wildman–Crippen LogP) is 2.70. The number of amides is 3. The highest BCUT2D eigenvalue weighted by molar-refractivity contribution is 6.05. The monoisotopic (exact) mass is 400 g/mol. The third kappa shape index (κ3) is 2.90. The number of hydrogen-bond donors (Lipinski definition) is 2. The number of carbonyl (C=O) groups excluding carboxylic acids is 3. The van der Waals surface area contributed by atoms with Gasteiger partial charge in [-0.25, -0.2) is 4.98 Å². The zero-order valence-electron chi connectivity index (χ0n) is 16.4. The molecule has 0 spiro atoms. The largest absolute Gasteiger partial charge is 0.373 e. The van der Waals surface area contributed by atoms with E-state index in [1.807, 2.05) is 49.5 Å². The van der Waals surface area contributed by atoms with E-state index >= 15 is 0 Å². The fourth-order valence-electron chi connectivity index (χ4n) is 4.27. The molecule has 2 aliphatic rings. The number of fused-ring (bicyclic) bond motifs is 2. The highest BCUT2D eigenvalue weighted by Crippen LogP contribution is 2.32. The molecule has 1 unspecified atom stereocenters. The summed E-state index contributed by atoms with van der Waals surface area (Å²) in [5, 5.41) is 7.61. The summed E-state index contributed by atoms with van der Waals surface area (Å²) < 4.78 is 0. The highest BCUT2D eigenvalue weighted by Gasteiger charge is 2.39. The summed E-state index contributed by atoms with van der Waals surface area (Å²) in [4.78, 5) is 42.9. The first kappa shape index (κ1) is 18.3. The Morgan fingerprint density at radius 2 is 1.93 bits per heavy atom. The Balaban J connectivity index is 1.50. The van der Waals surface area contributed by atoms with Gasteiger partial charge >= 0.3 is 0 Å². The molecule has 0 radical (unpaired) electrons. The van der Waals surface area contributed by atoms with Crippen LogP contribution >= 0.6 is 0 Å². The van der Waals surface area contributed by atoms with Crippen molar-refractivity contribution in [3.63, 3.8) is 0 Å². The second-order valence-electron chi connectivity index (χ2n) is 7.60. The van der Waals surface area contributed by atoms with Gasteiger partial charge in [-0.1, -0.05) is 30.3 Å². The number of anilines is 1. The number of hydrogen-bond acceptors (Lipinski definition) is 5. The lowest BCUT2D eigenvalue weighted by molar-refractivity contribution is -0.136. The Labute approximate surface area is 173 Å². The number of pyridine rings is 1. The van der Waals surface area contributed by atoms with Gasteiger partial charge in [-0.15, -0.1) is 0 Å². The van der Waals surface area contributed by atoms with Crippen molar-refractivity contribution < 1.29 is 14.4 Å². The summed E-state index contributed by atoms with van der Waals surface area (Å²) >= 11 is 0. The molecule has 7 nitrogen and oxygen atoms in total. The zero-order valence-corrected chi connectivity index (χ0v) is 16.4. The van der Waals surface area contributed by atoms with Gasteiger partial charge in [-0.05, 0) is 35.6 Å². The summed E-state index contributed by atoms with van der Waals surface area (Å²) in [6, 6.07) is 15.1. The molecule has 2 N–H and O–H groups in total. The van der Waals surface area contributed by atoms with Gasteiger partial charge in [0.05, 0.1) is 5.69 Å². The molecule has 1 aromatic heterocycles. The van der Waals surface area contributed by atoms with E-state index in [0.717, 1.165) is 33.4 Å². The second-order valence-corrected chi connectivity index (χ2v) is 7.60.